The molecule has 0 bridgehead atoms. The quantitative estimate of drug-likeness (QED) is 0.406. The average Bonchev–Trinajstić information content (AvgIpc) is 3.54. The van der Waals surface area contributed by atoms with E-state index in [-0.39, 0.29) is 42.0 Å². The Bertz CT molecular complexity index is 1120. The van der Waals surface area contributed by atoms with Gasteiger partial charge in [0, 0.05) is 39.1 Å². The topological polar surface area (TPSA) is 114 Å². The average molecular weight is 483 g/mol. The Kier molecular flexibility index (Phi) is 7.19. The van der Waals surface area contributed by atoms with Crippen molar-refractivity contribution in [2.75, 3.05) is 64.6 Å². The summed E-state index contributed by atoms with van der Waals surface area (Å²) in [4.78, 5) is 27.9. The lowest BCUT2D eigenvalue weighted by atomic mass is 10.1. The van der Waals surface area contributed by atoms with Gasteiger partial charge in [-0.25, -0.2) is 13.6 Å². The molecule has 1 aliphatic heterocycles. The number of pyridine rings is 1. The number of hydrogen-bond donors (Lipinski definition) is 2. The van der Waals surface area contributed by atoms with Crippen LogP contribution in [-0.2, 0) is 4.74 Å². The number of alkyl halides is 1. The van der Waals surface area contributed by atoms with Gasteiger partial charge in [0.1, 0.15) is 11.9 Å². The number of hydrogen-bond acceptors (Lipinski definition) is 8. The molecule has 2 atom stereocenters. The first-order chi connectivity index (χ1) is 16.3. The minimum absolute atomic E-state index is 0.0339. The Morgan fingerprint density at radius 3 is 2.53 bits per heavy atom. The number of aromatic nitrogens is 1. The van der Waals surface area contributed by atoms with Gasteiger partial charge in [-0.1, -0.05) is 0 Å². The van der Waals surface area contributed by atoms with Gasteiger partial charge in [0.15, 0.2) is 17.3 Å². The van der Waals surface area contributed by atoms with Gasteiger partial charge in [-0.3, -0.25) is 9.69 Å². The first-order valence-corrected chi connectivity index (χ1v) is 11.0. The molecule has 2 heterocycles. The third kappa shape index (κ3) is 4.79. The molecule has 1 aromatic carbocycles. The molecular formula is C22H27F2N3O7. The first-order valence-electron chi connectivity index (χ1n) is 11.0. The standard InChI is InChI=1S/C22H27F2N3O7/c1-32-21-18-13(20(29)17(34-22(30)31)12-27(18)16-11-14(16)23)10-15(24)19(21)26-4-2-25(3-5-26)6-8-33-9-7-28/h10,12,14,16,28H,2-9,11H2,1H3,(H,30,31)/t14-,16+/m0/s1. The van der Waals surface area contributed by atoms with Crippen molar-refractivity contribution in [2.24, 2.45) is 0 Å². The summed E-state index contributed by atoms with van der Waals surface area (Å²) in [7, 11) is 1.35. The summed E-state index contributed by atoms with van der Waals surface area (Å²) in [6.45, 7) is 3.64. The van der Waals surface area contributed by atoms with Crippen molar-refractivity contribution in [1.82, 2.24) is 9.47 Å². The van der Waals surface area contributed by atoms with Gasteiger partial charge in [-0.2, -0.15) is 0 Å². The Morgan fingerprint density at radius 2 is 1.94 bits per heavy atom. The zero-order chi connectivity index (χ0) is 24.4. The van der Waals surface area contributed by atoms with E-state index in [1.807, 2.05) is 4.90 Å². The van der Waals surface area contributed by atoms with E-state index >= 15 is 4.39 Å². The molecule has 2 N–H and O–H groups in total. The van der Waals surface area contributed by atoms with Crippen LogP contribution in [0, 0.1) is 5.82 Å². The number of fused-ring (bicyclic) bond motifs is 1. The van der Waals surface area contributed by atoms with Crippen LogP contribution in [0.1, 0.15) is 12.5 Å². The number of benzene rings is 1. The van der Waals surface area contributed by atoms with E-state index in [0.717, 1.165) is 12.3 Å². The number of aliphatic hydroxyl groups excluding tert-OH is 1. The molecule has 4 rings (SSSR count). The predicted molar refractivity (Wildman–Crippen MR) is 118 cm³/mol. The molecule has 2 fully saturated rings. The lowest BCUT2D eigenvalue weighted by molar-refractivity contribution is 0.0724. The van der Waals surface area contributed by atoms with Crippen molar-refractivity contribution in [1.29, 1.82) is 0 Å². The van der Waals surface area contributed by atoms with Crippen LogP contribution in [0.4, 0.5) is 19.3 Å². The Balaban J connectivity index is 1.70. The van der Waals surface area contributed by atoms with E-state index in [9.17, 15) is 14.0 Å². The summed E-state index contributed by atoms with van der Waals surface area (Å²) in [5, 5.41) is 17.6. The second-order valence-corrected chi connectivity index (χ2v) is 8.22. The van der Waals surface area contributed by atoms with Gasteiger partial charge < -0.3 is 33.9 Å². The van der Waals surface area contributed by atoms with E-state index in [1.165, 1.54) is 11.7 Å². The number of halogens is 2. The highest BCUT2D eigenvalue weighted by molar-refractivity contribution is 5.92. The fourth-order valence-electron chi connectivity index (χ4n) is 4.33. The van der Waals surface area contributed by atoms with Crippen molar-refractivity contribution in [3.8, 4) is 11.5 Å². The highest BCUT2D eigenvalue weighted by Crippen LogP contribution is 2.45. The van der Waals surface area contributed by atoms with E-state index in [1.54, 1.807) is 0 Å². The molecule has 1 saturated heterocycles. The molecule has 2 aromatic rings. The second kappa shape index (κ2) is 10.1. The number of piperazine rings is 1. The third-order valence-electron chi connectivity index (χ3n) is 6.08. The van der Waals surface area contributed by atoms with Crippen LogP contribution in [0.15, 0.2) is 17.1 Å². The number of carbonyl (C=O) groups is 1. The lowest BCUT2D eigenvalue weighted by Gasteiger charge is -2.37. The van der Waals surface area contributed by atoms with Crippen LogP contribution in [0.5, 0.6) is 11.5 Å². The maximum absolute atomic E-state index is 15.4. The molecule has 10 nitrogen and oxygen atoms in total. The summed E-state index contributed by atoms with van der Waals surface area (Å²) in [5.41, 5.74) is -0.449. The van der Waals surface area contributed by atoms with E-state index in [0.29, 0.717) is 39.3 Å². The predicted octanol–water partition coefficient (Wildman–Crippen LogP) is 1.62. The molecule has 0 unspecified atom stereocenters. The Morgan fingerprint density at radius 1 is 1.24 bits per heavy atom. The van der Waals surface area contributed by atoms with Crippen molar-refractivity contribution in [2.45, 2.75) is 18.6 Å². The third-order valence-corrected chi connectivity index (χ3v) is 6.08. The Labute approximate surface area is 193 Å². The van der Waals surface area contributed by atoms with Crippen LogP contribution in [0.3, 0.4) is 0 Å². The second-order valence-electron chi connectivity index (χ2n) is 8.22. The van der Waals surface area contributed by atoms with Crippen molar-refractivity contribution in [3.05, 3.63) is 28.3 Å². The highest BCUT2D eigenvalue weighted by atomic mass is 19.1. The molecule has 2 aliphatic rings. The lowest BCUT2D eigenvalue weighted by Crippen LogP contribution is -2.47. The molecular weight excluding hydrogens is 456 g/mol. The number of nitrogens with zero attached hydrogens (tertiary/aromatic N) is 3. The van der Waals surface area contributed by atoms with Crippen LogP contribution >= 0.6 is 0 Å². The van der Waals surface area contributed by atoms with Crippen LogP contribution in [0.25, 0.3) is 10.9 Å². The fraction of sp³-hybridized carbons (Fsp3) is 0.545. The number of anilines is 1. The summed E-state index contributed by atoms with van der Waals surface area (Å²) in [6.07, 6.45) is -1.55. The van der Waals surface area contributed by atoms with Crippen LogP contribution < -0.4 is 19.8 Å². The molecule has 1 aromatic heterocycles. The molecule has 0 spiro atoms. The van der Waals surface area contributed by atoms with Crippen LogP contribution in [0.2, 0.25) is 0 Å². The molecule has 1 saturated carbocycles. The summed E-state index contributed by atoms with van der Waals surface area (Å²) in [5.74, 6) is -1.13. The summed E-state index contributed by atoms with van der Waals surface area (Å²) in [6, 6.07) is 0.396. The number of aliphatic hydroxyl groups is 1. The highest BCUT2D eigenvalue weighted by Gasteiger charge is 2.41. The number of methoxy groups -OCH3 is 1. The largest absolute Gasteiger partial charge is 0.511 e. The number of carboxylic acid groups (broad SMARTS) is 1. The zero-order valence-corrected chi connectivity index (χ0v) is 18.7. The molecule has 0 radical (unpaired) electrons. The molecule has 0 amide bonds. The first kappa shape index (κ1) is 24.2. The van der Waals surface area contributed by atoms with Crippen molar-refractivity contribution >= 4 is 22.7 Å². The van der Waals surface area contributed by atoms with Gasteiger partial charge in [0.2, 0.25) is 5.43 Å². The fourth-order valence-corrected chi connectivity index (χ4v) is 4.33. The van der Waals surface area contributed by atoms with Gasteiger partial charge in [-0.05, 0) is 6.07 Å². The minimum Gasteiger partial charge on any atom is -0.492 e. The normalized spacial score (nSPS) is 20.5. The van der Waals surface area contributed by atoms with E-state index < -0.39 is 35.4 Å². The van der Waals surface area contributed by atoms with Gasteiger partial charge >= 0.3 is 6.16 Å². The Hall–Kier alpha value is -2.96. The molecule has 34 heavy (non-hydrogen) atoms. The van der Waals surface area contributed by atoms with Gasteiger partial charge in [-0.15, -0.1) is 0 Å². The maximum Gasteiger partial charge on any atom is 0.511 e. The van der Waals surface area contributed by atoms with Gasteiger partial charge in [0.05, 0.1) is 50.1 Å². The molecule has 186 valence electrons. The zero-order valence-electron chi connectivity index (χ0n) is 18.7. The van der Waals surface area contributed by atoms with E-state index in [2.05, 4.69) is 9.64 Å². The molecule has 12 heteroatoms. The minimum atomic E-state index is -1.70. The maximum atomic E-state index is 15.4. The van der Waals surface area contributed by atoms with Crippen LogP contribution in [-0.4, -0.2) is 91.7 Å². The van der Waals surface area contributed by atoms with E-state index in [4.69, 9.17) is 19.7 Å². The van der Waals surface area contributed by atoms with Gasteiger partial charge in [0.25, 0.3) is 0 Å². The van der Waals surface area contributed by atoms with Crippen molar-refractivity contribution < 1.29 is 38.0 Å². The number of ether oxygens (including phenoxy) is 3. The van der Waals surface area contributed by atoms with Crippen molar-refractivity contribution in [3.63, 3.8) is 0 Å². The number of rotatable bonds is 9. The summed E-state index contributed by atoms with van der Waals surface area (Å²) >= 11 is 0. The molecule has 1 aliphatic carbocycles. The summed E-state index contributed by atoms with van der Waals surface area (Å²) < 4.78 is 46.3. The smallest absolute Gasteiger partial charge is 0.492 e. The monoisotopic (exact) mass is 483 g/mol. The SMILES string of the molecule is COc1c(N2CCN(CCOCCO)CC2)c(F)cc2c(=O)c(OC(=O)O)cn([C@@H]3C[C@@H]3F)c12.